The van der Waals surface area contributed by atoms with Crippen LogP contribution in [0.4, 0.5) is 5.69 Å². The van der Waals surface area contributed by atoms with E-state index in [2.05, 4.69) is 32.3 Å². The lowest BCUT2D eigenvalue weighted by molar-refractivity contribution is 0.0997. The molecule has 32 heavy (non-hydrogen) atoms. The first-order valence-corrected chi connectivity index (χ1v) is 10.9. The van der Waals surface area contributed by atoms with Gasteiger partial charge in [0.25, 0.3) is 5.91 Å². The summed E-state index contributed by atoms with van der Waals surface area (Å²) < 4.78 is 12.7. The van der Waals surface area contributed by atoms with Crippen LogP contribution in [0.2, 0.25) is 0 Å². The molecule has 2 aromatic heterocycles. The Morgan fingerprint density at radius 1 is 0.906 bits per heavy atom. The van der Waals surface area contributed by atoms with Gasteiger partial charge in [-0.25, -0.2) is 4.98 Å². The zero-order chi connectivity index (χ0) is 22.2. The number of amides is 1. The van der Waals surface area contributed by atoms with Crippen LogP contribution in [0.15, 0.2) is 86.1 Å². The Balaban J connectivity index is 1.38. The Hall–Kier alpha value is -3.64. The monoisotopic (exact) mass is 486 g/mol. The molecule has 5 rings (SSSR count). The number of fused-ring (bicyclic) bond motifs is 1. The number of rotatable bonds is 4. The first kappa shape index (κ1) is 20.3. The zero-order valence-corrected chi connectivity index (χ0v) is 19.1. The Bertz CT molecular complexity index is 1450. The van der Waals surface area contributed by atoms with Crippen molar-refractivity contribution >= 4 is 38.6 Å². The van der Waals surface area contributed by atoms with Crippen LogP contribution >= 0.6 is 15.9 Å². The molecule has 0 unspecified atom stereocenters. The number of anilines is 1. The first-order valence-electron chi connectivity index (χ1n) is 10.1. The van der Waals surface area contributed by atoms with Crippen molar-refractivity contribution in [1.82, 2.24) is 4.98 Å². The number of carbonyl (C=O) groups excluding carboxylic acids is 1. The van der Waals surface area contributed by atoms with Crippen molar-refractivity contribution in [3.05, 3.63) is 94.2 Å². The van der Waals surface area contributed by atoms with Crippen molar-refractivity contribution in [2.75, 3.05) is 5.32 Å². The van der Waals surface area contributed by atoms with Gasteiger partial charge in [-0.05, 0) is 73.5 Å². The maximum absolute atomic E-state index is 12.7. The number of furan rings is 1. The minimum Gasteiger partial charge on any atom is -0.451 e. The van der Waals surface area contributed by atoms with Gasteiger partial charge in [-0.2, -0.15) is 0 Å². The summed E-state index contributed by atoms with van der Waals surface area (Å²) in [5.74, 6) is 1.06. The zero-order valence-electron chi connectivity index (χ0n) is 17.5. The summed E-state index contributed by atoms with van der Waals surface area (Å²) in [6.07, 6.45) is 0. The summed E-state index contributed by atoms with van der Waals surface area (Å²) in [6.45, 7) is 4.04. The van der Waals surface area contributed by atoms with Gasteiger partial charge >= 0.3 is 0 Å². The van der Waals surface area contributed by atoms with E-state index < -0.39 is 0 Å². The van der Waals surface area contributed by atoms with Crippen LogP contribution in [0.5, 0.6) is 0 Å². The minimum absolute atomic E-state index is 0.237. The Labute approximate surface area is 193 Å². The highest BCUT2D eigenvalue weighted by molar-refractivity contribution is 9.10. The first-order chi connectivity index (χ1) is 15.5. The van der Waals surface area contributed by atoms with Gasteiger partial charge < -0.3 is 14.2 Å². The number of carbonyl (C=O) groups is 1. The Morgan fingerprint density at radius 3 is 2.53 bits per heavy atom. The highest BCUT2D eigenvalue weighted by Gasteiger charge is 2.15. The largest absolute Gasteiger partial charge is 0.451 e. The van der Waals surface area contributed by atoms with E-state index in [4.69, 9.17) is 8.83 Å². The van der Waals surface area contributed by atoms with Crippen molar-refractivity contribution < 1.29 is 13.6 Å². The third-order valence-electron chi connectivity index (χ3n) is 5.15. The predicted octanol–water partition coefficient (Wildman–Crippen LogP) is 7.39. The molecule has 1 amide bonds. The maximum Gasteiger partial charge on any atom is 0.291 e. The summed E-state index contributed by atoms with van der Waals surface area (Å²) in [5, 5.41) is 2.89. The molecule has 5 nitrogen and oxygen atoms in total. The van der Waals surface area contributed by atoms with Crippen molar-refractivity contribution in [2.45, 2.75) is 13.8 Å². The van der Waals surface area contributed by atoms with Crippen molar-refractivity contribution in [3.8, 4) is 22.8 Å². The maximum atomic E-state index is 12.7. The van der Waals surface area contributed by atoms with E-state index in [0.29, 0.717) is 17.3 Å². The molecule has 0 aliphatic carbocycles. The second kappa shape index (κ2) is 8.13. The fourth-order valence-corrected chi connectivity index (χ4v) is 3.92. The number of hydrogen-bond donors (Lipinski definition) is 1. The Morgan fingerprint density at radius 2 is 1.72 bits per heavy atom. The summed E-state index contributed by atoms with van der Waals surface area (Å²) in [7, 11) is 0. The summed E-state index contributed by atoms with van der Waals surface area (Å²) in [6, 6.07) is 22.7. The van der Waals surface area contributed by atoms with Crippen LogP contribution in [-0.2, 0) is 0 Å². The van der Waals surface area contributed by atoms with Gasteiger partial charge in [0.15, 0.2) is 11.3 Å². The average Bonchev–Trinajstić information content (AvgIpc) is 3.42. The lowest BCUT2D eigenvalue weighted by Gasteiger charge is -2.05. The highest BCUT2D eigenvalue weighted by atomic mass is 79.9. The fraction of sp³-hybridized carbons (Fsp3) is 0.0769. The van der Waals surface area contributed by atoms with Gasteiger partial charge in [0, 0.05) is 21.3 Å². The molecule has 0 atom stereocenters. The SMILES string of the molecule is Cc1cc(C)c2oc(-c3cccc(NC(=O)c4ccc(-c5ccc(Br)cc5)o4)c3)nc2c1. The Kier molecular flexibility index (Phi) is 5.15. The van der Waals surface area contributed by atoms with Gasteiger partial charge in [0.1, 0.15) is 11.3 Å². The van der Waals surface area contributed by atoms with Crippen LogP contribution in [0.25, 0.3) is 33.9 Å². The van der Waals surface area contributed by atoms with Gasteiger partial charge in [-0.3, -0.25) is 4.79 Å². The van der Waals surface area contributed by atoms with E-state index in [1.165, 1.54) is 0 Å². The number of aryl methyl sites for hydroxylation is 2. The number of hydrogen-bond acceptors (Lipinski definition) is 4. The number of nitrogens with zero attached hydrogens (tertiary/aromatic N) is 1. The molecule has 1 N–H and O–H groups in total. The molecule has 0 radical (unpaired) electrons. The van der Waals surface area contributed by atoms with Crippen LogP contribution in [-0.4, -0.2) is 10.9 Å². The summed E-state index contributed by atoms with van der Waals surface area (Å²) >= 11 is 3.42. The van der Waals surface area contributed by atoms with Crippen molar-refractivity contribution in [1.29, 1.82) is 0 Å². The van der Waals surface area contributed by atoms with E-state index >= 15 is 0 Å². The molecule has 3 aromatic carbocycles. The summed E-state index contributed by atoms with van der Waals surface area (Å²) in [4.78, 5) is 17.4. The lowest BCUT2D eigenvalue weighted by Crippen LogP contribution is -2.10. The number of benzene rings is 3. The molecular formula is C26H19BrN2O3. The normalized spacial score (nSPS) is 11.1. The smallest absolute Gasteiger partial charge is 0.291 e. The lowest BCUT2D eigenvalue weighted by atomic mass is 10.1. The molecule has 0 saturated heterocycles. The number of nitrogens with one attached hydrogen (secondary N) is 1. The molecule has 2 heterocycles. The van der Waals surface area contributed by atoms with Crippen LogP contribution in [0.1, 0.15) is 21.7 Å². The molecule has 0 aliphatic rings. The predicted molar refractivity (Wildman–Crippen MR) is 129 cm³/mol. The van der Waals surface area contributed by atoms with Crippen LogP contribution in [0.3, 0.4) is 0 Å². The standard InChI is InChI=1S/C26H19BrN2O3/c1-15-12-16(2)24-21(13-15)29-26(32-24)18-4-3-5-20(14-18)28-25(30)23-11-10-22(31-23)17-6-8-19(27)9-7-17/h3-14H,1-2H3,(H,28,30). The van der Waals surface area contributed by atoms with Crippen LogP contribution < -0.4 is 5.32 Å². The highest BCUT2D eigenvalue weighted by Crippen LogP contribution is 2.29. The molecule has 158 valence electrons. The van der Waals surface area contributed by atoms with Gasteiger partial charge in [0.05, 0.1) is 0 Å². The second-order valence-corrected chi connectivity index (χ2v) is 8.57. The molecular weight excluding hydrogens is 468 g/mol. The third-order valence-corrected chi connectivity index (χ3v) is 5.67. The molecule has 5 aromatic rings. The second-order valence-electron chi connectivity index (χ2n) is 7.65. The van der Waals surface area contributed by atoms with E-state index in [1.807, 2.05) is 68.4 Å². The topological polar surface area (TPSA) is 68.3 Å². The van der Waals surface area contributed by atoms with Crippen LogP contribution in [0, 0.1) is 13.8 Å². The van der Waals surface area contributed by atoms with Crippen molar-refractivity contribution in [2.24, 2.45) is 0 Å². The van der Waals surface area contributed by atoms with E-state index in [-0.39, 0.29) is 11.7 Å². The van der Waals surface area contributed by atoms with Gasteiger partial charge in [0.2, 0.25) is 5.89 Å². The number of aromatic nitrogens is 1. The number of oxazole rings is 1. The molecule has 0 bridgehead atoms. The fourth-order valence-electron chi connectivity index (χ4n) is 3.65. The molecule has 0 saturated carbocycles. The summed E-state index contributed by atoms with van der Waals surface area (Å²) in [5.41, 5.74) is 6.09. The number of halogens is 1. The quantitative estimate of drug-likeness (QED) is 0.287. The van der Waals surface area contributed by atoms with Gasteiger partial charge in [-0.1, -0.05) is 40.2 Å². The van der Waals surface area contributed by atoms with E-state index in [0.717, 1.165) is 37.8 Å². The molecule has 6 heteroatoms. The van der Waals surface area contributed by atoms with E-state index in [9.17, 15) is 4.79 Å². The third kappa shape index (κ3) is 3.97. The van der Waals surface area contributed by atoms with E-state index in [1.54, 1.807) is 12.1 Å². The molecule has 0 fully saturated rings. The minimum atomic E-state index is -0.324. The molecule has 0 aliphatic heterocycles. The van der Waals surface area contributed by atoms with Gasteiger partial charge in [-0.15, -0.1) is 0 Å². The molecule has 0 spiro atoms. The average molecular weight is 487 g/mol. The van der Waals surface area contributed by atoms with Crippen molar-refractivity contribution in [3.63, 3.8) is 0 Å².